The second kappa shape index (κ2) is 25.5. The predicted octanol–water partition coefficient (Wildman–Crippen LogP) is 1.16. The van der Waals surface area contributed by atoms with E-state index in [2.05, 4.69) is 192 Å². The van der Waals surface area contributed by atoms with Crippen molar-refractivity contribution in [3.63, 3.8) is 0 Å². The molecule has 0 saturated heterocycles. The van der Waals surface area contributed by atoms with Crippen LogP contribution in [-0.2, 0) is 0 Å². The summed E-state index contributed by atoms with van der Waals surface area (Å²) in [6.07, 6.45) is 11.3. The number of rotatable bonds is 4. The van der Waals surface area contributed by atoms with Crippen LogP contribution in [-0.4, -0.2) is 31.7 Å². The van der Waals surface area contributed by atoms with Crippen LogP contribution in [0.1, 0.15) is 12.8 Å². The van der Waals surface area contributed by atoms with Crippen LogP contribution >= 0.6 is 0 Å². The van der Waals surface area contributed by atoms with Crippen LogP contribution in [0.2, 0.25) is 0 Å². The van der Waals surface area contributed by atoms with Gasteiger partial charge in [0.25, 0.3) is 0 Å². The van der Waals surface area contributed by atoms with Gasteiger partial charge >= 0.3 is 0 Å². The highest BCUT2D eigenvalue weighted by Gasteiger charge is 2.12. The maximum atomic E-state index is 4.95. The van der Waals surface area contributed by atoms with E-state index in [-0.39, 0.29) is 0 Å². The number of nitrogens with zero attached hydrogens (tertiary/aromatic N) is 1. The number of hydrogen-bond donors (Lipinski definition) is 0. The molecule has 0 rings (SSSR count). The minimum absolute atomic E-state index is 0.706. The smallest absolute Gasteiger partial charge is 0.0894 e. The van der Waals surface area contributed by atoms with E-state index in [0.717, 1.165) is 17.6 Å². The first-order chi connectivity index (χ1) is 19.1. The third-order valence-electron chi connectivity index (χ3n) is 3.51. The van der Waals surface area contributed by atoms with E-state index in [4.69, 9.17) is 12.8 Å². The molecule has 172 valence electrons. The fraction of sp³-hybridized carbons (Fsp3) is 0.158. The van der Waals surface area contributed by atoms with Crippen molar-refractivity contribution in [1.82, 2.24) is 0 Å². The lowest BCUT2D eigenvalue weighted by atomic mass is 10.3. The molecule has 0 heterocycles. The van der Waals surface area contributed by atoms with Crippen molar-refractivity contribution in [1.29, 1.82) is 0 Å². The van der Waals surface area contributed by atoms with Gasteiger partial charge in [-0.25, -0.2) is 0 Å². The SMILES string of the molecule is C#CC#CC#CC#CC#CC#CC#CC#CCC[N+](C)(C)CCC#CC#CC#CC#CC#CC#CC#CC#C. The number of quaternary nitrogens is 1. The average Bonchev–Trinajstić information content (AvgIpc) is 2.92. The van der Waals surface area contributed by atoms with Crippen LogP contribution in [0.3, 0.4) is 0 Å². The molecule has 0 amide bonds. The van der Waals surface area contributed by atoms with Gasteiger partial charge in [0.05, 0.1) is 40.0 Å². The molecule has 0 aromatic rings. The first-order valence-corrected chi connectivity index (χ1v) is 10.8. The van der Waals surface area contributed by atoms with E-state index < -0.39 is 0 Å². The van der Waals surface area contributed by atoms with Gasteiger partial charge in [-0.2, -0.15) is 0 Å². The lowest BCUT2D eigenvalue weighted by Gasteiger charge is -2.28. The third kappa shape index (κ3) is 27.0. The third-order valence-corrected chi connectivity index (χ3v) is 3.51. The van der Waals surface area contributed by atoms with Crippen LogP contribution in [0, 0.1) is 190 Å². The second-order valence-corrected chi connectivity index (χ2v) is 6.78. The van der Waals surface area contributed by atoms with E-state index in [1.54, 1.807) is 0 Å². The van der Waals surface area contributed by atoms with Crippen LogP contribution in [0.4, 0.5) is 0 Å². The summed E-state index contributed by atoms with van der Waals surface area (Å²) < 4.78 is 0.777. The minimum Gasteiger partial charge on any atom is -0.327 e. The molecule has 0 fully saturated rings. The van der Waals surface area contributed by atoms with Crippen LogP contribution < -0.4 is 0 Å². The molecular formula is C38H16N+. The summed E-state index contributed by atoms with van der Waals surface area (Å²) >= 11 is 0. The maximum absolute atomic E-state index is 4.95. The summed E-state index contributed by atoms with van der Waals surface area (Å²) in [4.78, 5) is 0. The highest BCUT2D eigenvalue weighted by atomic mass is 15.3. The highest BCUT2D eigenvalue weighted by Crippen LogP contribution is 2.00. The van der Waals surface area contributed by atoms with Gasteiger partial charge in [0, 0.05) is 0 Å². The van der Waals surface area contributed by atoms with Gasteiger partial charge in [-0.05, 0) is 166 Å². The molecule has 0 aromatic heterocycles. The fourth-order valence-electron chi connectivity index (χ4n) is 1.80. The molecule has 1 nitrogen and oxygen atoms in total. The van der Waals surface area contributed by atoms with Gasteiger partial charge in [0.2, 0.25) is 0 Å². The van der Waals surface area contributed by atoms with E-state index in [9.17, 15) is 0 Å². The predicted molar refractivity (Wildman–Crippen MR) is 158 cm³/mol. The van der Waals surface area contributed by atoms with Gasteiger partial charge in [-0.15, -0.1) is 12.8 Å². The van der Waals surface area contributed by atoms with E-state index >= 15 is 0 Å². The fourth-order valence-corrected chi connectivity index (χ4v) is 1.80. The Bertz CT molecular complexity index is 1770. The monoisotopic (exact) mass is 486 g/mol. The van der Waals surface area contributed by atoms with Gasteiger partial charge < -0.3 is 4.48 Å². The largest absolute Gasteiger partial charge is 0.327 e. The van der Waals surface area contributed by atoms with Crippen molar-refractivity contribution in [3.05, 3.63) is 0 Å². The molecule has 1 heteroatoms. The molecule has 0 spiro atoms. The van der Waals surface area contributed by atoms with Crippen molar-refractivity contribution in [3.8, 4) is 190 Å². The number of hydrogen-bond acceptors (Lipinski definition) is 0. The number of terminal acetylenes is 2. The van der Waals surface area contributed by atoms with Crippen LogP contribution in [0.15, 0.2) is 0 Å². The average molecular weight is 487 g/mol. The lowest BCUT2D eigenvalue weighted by Crippen LogP contribution is -2.40. The first kappa shape index (κ1) is 31.9. The van der Waals surface area contributed by atoms with E-state index in [1.807, 2.05) is 0 Å². The Morgan fingerprint density at radius 3 is 0.769 bits per heavy atom. The molecular weight excluding hydrogens is 470 g/mol. The van der Waals surface area contributed by atoms with Gasteiger partial charge in [-0.1, -0.05) is 11.8 Å². The zero-order valence-electron chi connectivity index (χ0n) is 21.4. The first-order valence-electron chi connectivity index (χ1n) is 10.8. The molecule has 0 bridgehead atoms. The van der Waals surface area contributed by atoms with Gasteiger partial charge in [-0.3, -0.25) is 0 Å². The Morgan fingerprint density at radius 2 is 0.538 bits per heavy atom. The van der Waals surface area contributed by atoms with Crippen molar-refractivity contribution in [2.45, 2.75) is 12.8 Å². The molecule has 0 unspecified atom stereocenters. The normalized spacial score (nSPS) is 5.74. The Hall–Kier alpha value is -7.08. The standard InChI is InChI=1S/C38H16N/c1-5-7-9-11-13-15-17-19-21-23-25-27-29-31-33-35-37-39(3,4)38-36-34-32-30-28-26-24-22-20-18-16-14-12-10-8-6-2/h1-2H,35-38H2,3-4H3/q+1. The molecule has 0 radical (unpaired) electrons. The van der Waals surface area contributed by atoms with E-state index in [1.165, 1.54) is 0 Å². The summed E-state index contributed by atoms with van der Waals surface area (Å²) in [5.41, 5.74) is 0. The van der Waals surface area contributed by atoms with Crippen molar-refractivity contribution >= 4 is 0 Å². The van der Waals surface area contributed by atoms with Crippen LogP contribution in [0.25, 0.3) is 0 Å². The Labute approximate surface area is 234 Å². The van der Waals surface area contributed by atoms with Crippen molar-refractivity contribution in [2.24, 2.45) is 0 Å². The molecule has 0 aliphatic carbocycles. The van der Waals surface area contributed by atoms with Gasteiger partial charge in [0.1, 0.15) is 0 Å². The Morgan fingerprint density at radius 1 is 0.333 bits per heavy atom. The maximum Gasteiger partial charge on any atom is 0.0894 e. The quantitative estimate of drug-likeness (QED) is 0.414. The van der Waals surface area contributed by atoms with Gasteiger partial charge in [0.15, 0.2) is 0 Å². The summed E-state index contributed by atoms with van der Waals surface area (Å²) in [5.74, 6) is 76.4. The lowest BCUT2D eigenvalue weighted by molar-refractivity contribution is -0.889. The molecule has 0 N–H and O–H groups in total. The topological polar surface area (TPSA) is 0 Å². The summed E-state index contributed by atoms with van der Waals surface area (Å²) in [6.45, 7) is 1.73. The highest BCUT2D eigenvalue weighted by molar-refractivity contribution is 5.47. The minimum atomic E-state index is 0.706. The Kier molecular flexibility index (Phi) is 20.9. The summed E-state index contributed by atoms with van der Waals surface area (Å²) in [6, 6.07) is 0. The molecule has 0 saturated carbocycles. The molecule has 0 aromatic carbocycles. The summed E-state index contributed by atoms with van der Waals surface area (Å²) in [7, 11) is 4.24. The molecule has 39 heavy (non-hydrogen) atoms. The van der Waals surface area contributed by atoms with E-state index in [0.29, 0.717) is 12.8 Å². The van der Waals surface area contributed by atoms with Crippen molar-refractivity contribution < 1.29 is 4.48 Å². The Balaban J connectivity index is 4.39. The summed E-state index contributed by atoms with van der Waals surface area (Å²) in [5, 5.41) is 0. The van der Waals surface area contributed by atoms with Crippen LogP contribution in [0.5, 0.6) is 0 Å². The zero-order chi connectivity index (χ0) is 28.5. The molecule has 0 aliphatic heterocycles. The zero-order valence-corrected chi connectivity index (χ0v) is 21.4. The van der Waals surface area contributed by atoms with Crippen molar-refractivity contribution in [2.75, 3.05) is 27.2 Å². The second-order valence-electron chi connectivity index (χ2n) is 6.78. The molecule has 0 aliphatic rings. The molecule has 0 atom stereocenters.